The summed E-state index contributed by atoms with van der Waals surface area (Å²) >= 11 is 1.80. The Balaban J connectivity index is 1.90. The molecule has 1 aromatic rings. The molecule has 15 heavy (non-hydrogen) atoms. The maximum absolute atomic E-state index is 6.00. The number of hydrogen-bond acceptors (Lipinski definition) is 4. The van der Waals surface area contributed by atoms with Gasteiger partial charge in [-0.3, -0.25) is 4.90 Å². The van der Waals surface area contributed by atoms with E-state index in [-0.39, 0.29) is 0 Å². The molecule has 1 saturated heterocycles. The fraction of sp³-hybridized carbons (Fsp3) is 0.727. The maximum atomic E-state index is 6.00. The summed E-state index contributed by atoms with van der Waals surface area (Å²) in [5, 5.41) is 1.16. The van der Waals surface area contributed by atoms with Crippen LogP contribution in [0.2, 0.25) is 0 Å². The van der Waals surface area contributed by atoms with Gasteiger partial charge in [-0.05, 0) is 19.3 Å². The van der Waals surface area contributed by atoms with Gasteiger partial charge >= 0.3 is 0 Å². The van der Waals surface area contributed by atoms with Crippen molar-refractivity contribution in [3.8, 4) is 0 Å². The number of nitrogens with two attached hydrogens (primary N) is 1. The molecule has 1 aromatic heterocycles. The summed E-state index contributed by atoms with van der Waals surface area (Å²) in [5.74, 6) is 0.618. The van der Waals surface area contributed by atoms with Gasteiger partial charge in [0.1, 0.15) is 0 Å². The van der Waals surface area contributed by atoms with Gasteiger partial charge in [-0.1, -0.05) is 6.92 Å². The standard InChI is InChI=1S/C11H19N3S/c1-8-6-14(4-3-11(8)12)7-10-5-13-9(2)15-10/h5,8,11H,3-4,6-7,12H2,1-2H3. The summed E-state index contributed by atoms with van der Waals surface area (Å²) in [6.07, 6.45) is 3.12. The minimum Gasteiger partial charge on any atom is -0.327 e. The zero-order valence-corrected chi connectivity index (χ0v) is 10.3. The molecule has 0 bridgehead atoms. The van der Waals surface area contributed by atoms with E-state index in [4.69, 9.17) is 5.73 Å². The van der Waals surface area contributed by atoms with Gasteiger partial charge in [0, 0.05) is 36.8 Å². The second-order valence-corrected chi connectivity index (χ2v) is 5.83. The van der Waals surface area contributed by atoms with Crippen LogP contribution in [0.15, 0.2) is 6.20 Å². The number of hydrogen-bond donors (Lipinski definition) is 1. The Morgan fingerprint density at radius 3 is 3.07 bits per heavy atom. The molecular weight excluding hydrogens is 206 g/mol. The number of nitrogens with zero attached hydrogens (tertiary/aromatic N) is 2. The highest BCUT2D eigenvalue weighted by Crippen LogP contribution is 2.19. The lowest BCUT2D eigenvalue weighted by atomic mass is 9.95. The molecule has 0 spiro atoms. The van der Waals surface area contributed by atoms with Crippen LogP contribution in [0.5, 0.6) is 0 Å². The van der Waals surface area contributed by atoms with Crippen molar-refractivity contribution in [1.29, 1.82) is 0 Å². The number of thiazole rings is 1. The van der Waals surface area contributed by atoms with Crippen LogP contribution in [0.4, 0.5) is 0 Å². The van der Waals surface area contributed by atoms with Gasteiger partial charge in [-0.15, -0.1) is 11.3 Å². The average molecular weight is 225 g/mol. The van der Waals surface area contributed by atoms with E-state index in [1.54, 1.807) is 11.3 Å². The van der Waals surface area contributed by atoms with E-state index in [9.17, 15) is 0 Å². The topological polar surface area (TPSA) is 42.2 Å². The van der Waals surface area contributed by atoms with Crippen LogP contribution >= 0.6 is 11.3 Å². The minimum absolute atomic E-state index is 0.393. The van der Waals surface area contributed by atoms with Crippen molar-refractivity contribution >= 4 is 11.3 Å². The highest BCUT2D eigenvalue weighted by Gasteiger charge is 2.23. The van der Waals surface area contributed by atoms with Gasteiger partial charge in [0.25, 0.3) is 0 Å². The molecule has 0 saturated carbocycles. The van der Waals surface area contributed by atoms with E-state index in [0.717, 1.165) is 31.1 Å². The largest absolute Gasteiger partial charge is 0.327 e. The normalized spacial score (nSPS) is 28.2. The van der Waals surface area contributed by atoms with Crippen LogP contribution in [0.25, 0.3) is 0 Å². The monoisotopic (exact) mass is 225 g/mol. The van der Waals surface area contributed by atoms with Crippen molar-refractivity contribution in [2.45, 2.75) is 32.9 Å². The zero-order chi connectivity index (χ0) is 10.8. The molecule has 1 fully saturated rings. The smallest absolute Gasteiger partial charge is 0.0897 e. The Morgan fingerprint density at radius 1 is 1.67 bits per heavy atom. The molecule has 2 N–H and O–H groups in total. The van der Waals surface area contributed by atoms with Gasteiger partial charge in [0.05, 0.1) is 5.01 Å². The summed E-state index contributed by atoms with van der Waals surface area (Å²) in [5.41, 5.74) is 6.00. The molecule has 0 aromatic carbocycles. The van der Waals surface area contributed by atoms with Crippen molar-refractivity contribution < 1.29 is 0 Å². The molecule has 3 nitrogen and oxygen atoms in total. The predicted molar refractivity (Wildman–Crippen MR) is 63.9 cm³/mol. The molecule has 1 aliphatic heterocycles. The van der Waals surface area contributed by atoms with Crippen LogP contribution in [0.1, 0.15) is 23.2 Å². The number of rotatable bonds is 2. The van der Waals surface area contributed by atoms with Gasteiger partial charge in [0.15, 0.2) is 0 Å². The van der Waals surface area contributed by atoms with E-state index in [1.165, 1.54) is 4.88 Å². The van der Waals surface area contributed by atoms with Crippen LogP contribution < -0.4 is 5.73 Å². The molecular formula is C11H19N3S. The number of aromatic nitrogens is 1. The first-order valence-electron chi connectivity index (χ1n) is 5.54. The fourth-order valence-corrected chi connectivity index (χ4v) is 2.93. The van der Waals surface area contributed by atoms with Crippen LogP contribution in [0.3, 0.4) is 0 Å². The third-order valence-corrected chi connectivity index (χ3v) is 4.00. The van der Waals surface area contributed by atoms with Crippen molar-refractivity contribution in [3.63, 3.8) is 0 Å². The molecule has 0 aliphatic carbocycles. The molecule has 0 radical (unpaired) electrons. The molecule has 2 rings (SSSR count). The Bertz CT molecular complexity index is 323. The summed E-state index contributed by atoms with van der Waals surface area (Å²) in [6, 6.07) is 0.393. The molecule has 1 aliphatic rings. The quantitative estimate of drug-likeness (QED) is 0.831. The SMILES string of the molecule is Cc1ncc(CN2CCC(N)C(C)C2)s1. The third-order valence-electron chi connectivity index (χ3n) is 3.10. The molecule has 84 valence electrons. The summed E-state index contributed by atoms with van der Waals surface area (Å²) < 4.78 is 0. The number of piperidine rings is 1. The van der Waals surface area contributed by atoms with Crippen LogP contribution in [-0.2, 0) is 6.54 Å². The molecule has 4 heteroatoms. The lowest BCUT2D eigenvalue weighted by Crippen LogP contribution is -2.45. The first-order chi connectivity index (χ1) is 7.15. The molecule has 2 heterocycles. The average Bonchev–Trinajstić information content (AvgIpc) is 2.58. The van der Waals surface area contributed by atoms with Crippen molar-refractivity contribution in [2.24, 2.45) is 11.7 Å². The number of aryl methyl sites for hydroxylation is 1. The lowest BCUT2D eigenvalue weighted by Gasteiger charge is -2.34. The molecule has 2 atom stereocenters. The van der Waals surface area contributed by atoms with Gasteiger partial charge < -0.3 is 5.73 Å². The summed E-state index contributed by atoms with van der Waals surface area (Å²) in [6.45, 7) is 7.60. The predicted octanol–water partition coefficient (Wildman–Crippen LogP) is 1.62. The van der Waals surface area contributed by atoms with E-state index in [1.807, 2.05) is 6.20 Å². The Kier molecular flexibility index (Phi) is 3.38. The fourth-order valence-electron chi connectivity index (χ4n) is 2.09. The van der Waals surface area contributed by atoms with E-state index in [2.05, 4.69) is 23.7 Å². The Labute approximate surface area is 95.3 Å². The Morgan fingerprint density at radius 2 is 2.47 bits per heavy atom. The first kappa shape index (κ1) is 11.0. The highest BCUT2D eigenvalue weighted by molar-refractivity contribution is 7.11. The zero-order valence-electron chi connectivity index (χ0n) is 9.44. The highest BCUT2D eigenvalue weighted by atomic mass is 32.1. The second kappa shape index (κ2) is 4.60. The van der Waals surface area contributed by atoms with Gasteiger partial charge in [0.2, 0.25) is 0 Å². The van der Waals surface area contributed by atoms with Crippen LogP contribution in [-0.4, -0.2) is 29.0 Å². The van der Waals surface area contributed by atoms with Crippen molar-refractivity contribution in [1.82, 2.24) is 9.88 Å². The number of likely N-dealkylation sites (tertiary alicyclic amines) is 1. The van der Waals surface area contributed by atoms with Gasteiger partial charge in [-0.25, -0.2) is 4.98 Å². The van der Waals surface area contributed by atoms with E-state index < -0.39 is 0 Å². The third kappa shape index (κ3) is 2.77. The summed E-state index contributed by atoms with van der Waals surface area (Å²) in [7, 11) is 0. The molecule has 2 unspecified atom stereocenters. The van der Waals surface area contributed by atoms with E-state index >= 15 is 0 Å². The van der Waals surface area contributed by atoms with Crippen LogP contribution in [0, 0.1) is 12.8 Å². The summed E-state index contributed by atoms with van der Waals surface area (Å²) in [4.78, 5) is 8.14. The second-order valence-electron chi connectivity index (χ2n) is 4.51. The maximum Gasteiger partial charge on any atom is 0.0897 e. The van der Waals surface area contributed by atoms with E-state index in [0.29, 0.717) is 12.0 Å². The van der Waals surface area contributed by atoms with Crippen molar-refractivity contribution in [3.05, 3.63) is 16.1 Å². The Hall–Kier alpha value is -0.450. The minimum atomic E-state index is 0.393. The first-order valence-corrected chi connectivity index (χ1v) is 6.36. The lowest BCUT2D eigenvalue weighted by molar-refractivity contribution is 0.159. The molecule has 0 amide bonds. The van der Waals surface area contributed by atoms with Gasteiger partial charge in [-0.2, -0.15) is 0 Å². The van der Waals surface area contributed by atoms with Crippen molar-refractivity contribution in [2.75, 3.05) is 13.1 Å².